The van der Waals surface area contributed by atoms with Crippen LogP contribution in [0.25, 0.3) is 10.2 Å². The predicted molar refractivity (Wildman–Crippen MR) is 148 cm³/mol. The zero-order valence-corrected chi connectivity index (χ0v) is 23.5. The van der Waals surface area contributed by atoms with Crippen LogP contribution in [0.2, 0.25) is 0 Å². The Labute approximate surface area is 224 Å². The molecule has 3 rings (SSSR count). The molecule has 1 aliphatic rings. The zero-order valence-electron chi connectivity index (χ0n) is 22.7. The molecule has 6 nitrogen and oxygen atoms in total. The average molecular weight is 528 g/mol. The monoisotopic (exact) mass is 527 g/mol. The van der Waals surface area contributed by atoms with Gasteiger partial charge in [-0.15, -0.1) is 17.9 Å². The van der Waals surface area contributed by atoms with Gasteiger partial charge < -0.3 is 14.9 Å². The number of allylic oxidation sites excluding steroid dienone is 2. The first-order valence-electron chi connectivity index (χ1n) is 13.2. The van der Waals surface area contributed by atoms with Crippen LogP contribution in [0.1, 0.15) is 82.9 Å². The van der Waals surface area contributed by atoms with E-state index in [2.05, 4.69) is 24.6 Å². The molecule has 0 bridgehead atoms. The Morgan fingerprint density at radius 2 is 1.97 bits per heavy atom. The first-order valence-corrected chi connectivity index (χ1v) is 14.0. The van der Waals surface area contributed by atoms with Gasteiger partial charge in [-0.1, -0.05) is 44.6 Å². The van der Waals surface area contributed by atoms with Crippen molar-refractivity contribution in [1.29, 1.82) is 0 Å². The Bertz CT molecular complexity index is 1150. The molecule has 5 atom stereocenters. The van der Waals surface area contributed by atoms with Gasteiger partial charge in [0.25, 0.3) is 0 Å². The van der Waals surface area contributed by atoms with Gasteiger partial charge in [0, 0.05) is 12.3 Å². The van der Waals surface area contributed by atoms with Gasteiger partial charge >= 0.3 is 5.97 Å². The summed E-state index contributed by atoms with van der Waals surface area (Å²) in [4.78, 5) is 31.2. The molecule has 2 aromatic rings. The van der Waals surface area contributed by atoms with Crippen LogP contribution in [-0.2, 0) is 14.3 Å². The molecule has 1 aromatic heterocycles. The molecule has 0 aliphatic carbocycles. The second-order valence-electron chi connectivity index (χ2n) is 11.0. The smallest absolute Gasteiger partial charge is 0.309 e. The van der Waals surface area contributed by atoms with Crippen molar-refractivity contribution in [3.8, 4) is 0 Å². The van der Waals surface area contributed by atoms with Crippen LogP contribution in [0.4, 0.5) is 0 Å². The minimum atomic E-state index is -1.25. The van der Waals surface area contributed by atoms with Gasteiger partial charge in [-0.25, -0.2) is 4.98 Å². The molecule has 0 fully saturated rings. The third-order valence-corrected chi connectivity index (χ3v) is 8.61. The van der Waals surface area contributed by atoms with Crippen molar-refractivity contribution < 1.29 is 24.5 Å². The SMILES string of the molecule is C=CCC1C(=O)C(C)(C)C(O)CC(=O)OC(c2ccc3sc(C)nc3c2)C/C=C(\C)CCCC(C)C1O. The van der Waals surface area contributed by atoms with E-state index >= 15 is 0 Å². The number of aryl methyl sites for hydroxylation is 1. The lowest BCUT2D eigenvalue weighted by molar-refractivity contribution is -0.156. The third kappa shape index (κ3) is 7.15. The Kier molecular flexibility index (Phi) is 9.84. The number of Topliss-reactive ketones (excluding diaryl/α,β-unsaturated/α-hetero) is 1. The number of ketones is 1. The number of hydrogen-bond donors (Lipinski definition) is 2. The molecule has 0 radical (unpaired) electrons. The van der Waals surface area contributed by atoms with E-state index in [-0.39, 0.29) is 18.1 Å². The molecule has 5 unspecified atom stereocenters. The van der Waals surface area contributed by atoms with E-state index in [0.717, 1.165) is 40.1 Å². The van der Waals surface area contributed by atoms with E-state index in [4.69, 9.17) is 4.74 Å². The highest BCUT2D eigenvalue weighted by Crippen LogP contribution is 2.35. The predicted octanol–water partition coefficient (Wildman–Crippen LogP) is 6.24. The number of esters is 1. The van der Waals surface area contributed by atoms with Gasteiger partial charge in [0.05, 0.1) is 39.3 Å². The zero-order chi connectivity index (χ0) is 27.3. The number of nitrogens with zero attached hydrogens (tertiary/aromatic N) is 1. The number of carbonyl (C=O) groups is 2. The molecule has 0 saturated heterocycles. The standard InChI is InChI=1S/C30H41NO5S/c1-7-9-22-28(34)19(3)11-8-10-18(2)12-14-24(21-13-15-25-23(16-21)31-20(4)37-25)36-27(33)17-26(32)30(5,6)29(22)35/h7,12-13,15-16,19,22,24,26,28,32,34H,1,8-11,14,17H2,2-6H3/b18-12+. The number of aliphatic hydroxyl groups excluding tert-OH is 2. The van der Waals surface area contributed by atoms with Gasteiger partial charge in [-0.2, -0.15) is 0 Å². The summed E-state index contributed by atoms with van der Waals surface area (Å²) < 4.78 is 6.99. The Balaban J connectivity index is 1.93. The van der Waals surface area contributed by atoms with Crippen LogP contribution in [0.5, 0.6) is 0 Å². The Hall–Kier alpha value is -2.35. The molecule has 0 saturated carbocycles. The van der Waals surface area contributed by atoms with E-state index in [0.29, 0.717) is 12.8 Å². The van der Waals surface area contributed by atoms with Gasteiger partial charge in [-0.05, 0) is 63.1 Å². The lowest BCUT2D eigenvalue weighted by atomic mass is 9.71. The molecular formula is C30H41NO5S. The summed E-state index contributed by atoms with van der Waals surface area (Å²) in [6.07, 6.45) is 4.10. The maximum absolute atomic E-state index is 13.6. The fourth-order valence-electron chi connectivity index (χ4n) is 5.04. The lowest BCUT2D eigenvalue weighted by Crippen LogP contribution is -2.46. The van der Waals surface area contributed by atoms with Crippen LogP contribution < -0.4 is 0 Å². The number of fused-ring (bicyclic) bond motifs is 1. The average Bonchev–Trinajstić information content (AvgIpc) is 3.22. The number of aromatic nitrogens is 1. The molecule has 0 spiro atoms. The first-order chi connectivity index (χ1) is 17.4. The maximum atomic E-state index is 13.6. The molecule has 1 aliphatic heterocycles. The fraction of sp³-hybridized carbons (Fsp3) is 0.567. The Morgan fingerprint density at radius 3 is 2.68 bits per heavy atom. The van der Waals surface area contributed by atoms with Gasteiger partial charge in [-0.3, -0.25) is 9.59 Å². The maximum Gasteiger partial charge on any atom is 0.309 e. The number of benzene rings is 1. The highest BCUT2D eigenvalue weighted by Gasteiger charge is 2.43. The molecule has 202 valence electrons. The molecule has 37 heavy (non-hydrogen) atoms. The van der Waals surface area contributed by atoms with Gasteiger partial charge in [0.1, 0.15) is 11.9 Å². The van der Waals surface area contributed by atoms with Crippen LogP contribution in [0, 0.1) is 24.2 Å². The number of carbonyl (C=O) groups excluding carboxylic acids is 2. The first kappa shape index (κ1) is 29.2. The van der Waals surface area contributed by atoms with Gasteiger partial charge in [0.2, 0.25) is 0 Å². The highest BCUT2D eigenvalue weighted by atomic mass is 32.1. The quantitative estimate of drug-likeness (QED) is 0.362. The van der Waals surface area contributed by atoms with Gasteiger partial charge in [0.15, 0.2) is 0 Å². The van der Waals surface area contributed by atoms with Crippen LogP contribution in [-0.4, -0.2) is 39.2 Å². The largest absolute Gasteiger partial charge is 0.457 e. The number of rotatable bonds is 3. The second kappa shape index (κ2) is 12.5. The van der Waals surface area contributed by atoms with E-state index in [1.165, 1.54) is 5.57 Å². The molecule has 2 heterocycles. The van der Waals surface area contributed by atoms with Crippen molar-refractivity contribution in [3.05, 3.63) is 53.1 Å². The van der Waals surface area contributed by atoms with Crippen molar-refractivity contribution >= 4 is 33.3 Å². The summed E-state index contributed by atoms with van der Waals surface area (Å²) in [5.74, 6) is -1.62. The molecule has 0 amide bonds. The minimum Gasteiger partial charge on any atom is -0.457 e. The summed E-state index contributed by atoms with van der Waals surface area (Å²) in [6, 6.07) is 5.93. The van der Waals surface area contributed by atoms with Crippen molar-refractivity contribution in [2.24, 2.45) is 17.3 Å². The minimum absolute atomic E-state index is 0.0893. The van der Waals surface area contributed by atoms with Crippen molar-refractivity contribution in [3.63, 3.8) is 0 Å². The molecule has 2 N–H and O–H groups in total. The highest BCUT2D eigenvalue weighted by molar-refractivity contribution is 7.18. The molecule has 7 heteroatoms. The summed E-state index contributed by atoms with van der Waals surface area (Å²) in [6.45, 7) is 13.0. The van der Waals surface area contributed by atoms with Crippen LogP contribution in [0.15, 0.2) is 42.5 Å². The summed E-state index contributed by atoms with van der Waals surface area (Å²) in [5.41, 5.74) is 1.66. The van der Waals surface area contributed by atoms with E-state index < -0.39 is 35.6 Å². The van der Waals surface area contributed by atoms with E-state index in [9.17, 15) is 19.8 Å². The summed E-state index contributed by atoms with van der Waals surface area (Å²) >= 11 is 1.62. The van der Waals surface area contributed by atoms with Crippen molar-refractivity contribution in [2.75, 3.05) is 0 Å². The van der Waals surface area contributed by atoms with E-state index in [1.54, 1.807) is 31.3 Å². The number of cyclic esters (lactones) is 1. The number of thiazole rings is 1. The van der Waals surface area contributed by atoms with Crippen molar-refractivity contribution in [2.45, 2.75) is 91.5 Å². The van der Waals surface area contributed by atoms with E-state index in [1.807, 2.05) is 32.0 Å². The van der Waals surface area contributed by atoms with Crippen LogP contribution >= 0.6 is 11.3 Å². The third-order valence-electron chi connectivity index (χ3n) is 7.66. The second-order valence-corrected chi connectivity index (χ2v) is 12.3. The van der Waals surface area contributed by atoms with Crippen LogP contribution in [0.3, 0.4) is 0 Å². The molecular weight excluding hydrogens is 486 g/mol. The number of ether oxygens (including phenoxy) is 1. The Morgan fingerprint density at radius 1 is 1.24 bits per heavy atom. The fourth-order valence-corrected chi connectivity index (χ4v) is 5.84. The lowest BCUT2D eigenvalue weighted by Gasteiger charge is -2.35. The molecule has 1 aromatic carbocycles. The number of hydrogen-bond acceptors (Lipinski definition) is 7. The van der Waals surface area contributed by atoms with Crippen molar-refractivity contribution in [1.82, 2.24) is 4.98 Å². The summed E-state index contributed by atoms with van der Waals surface area (Å²) in [5, 5.41) is 23.1. The summed E-state index contributed by atoms with van der Waals surface area (Å²) in [7, 11) is 0. The normalized spacial score (nSPS) is 29.9. The number of aliphatic hydroxyl groups is 2. The topological polar surface area (TPSA) is 96.7 Å².